The summed E-state index contributed by atoms with van der Waals surface area (Å²) in [4.78, 5) is 9.06. The van der Waals surface area contributed by atoms with Crippen LogP contribution < -0.4 is 26.2 Å². The molecule has 0 saturated heterocycles. The Kier molecular flexibility index (Phi) is 5.02. The summed E-state index contributed by atoms with van der Waals surface area (Å²) < 4.78 is 0. The number of nitrogens with zero attached hydrogens (tertiary/aromatic N) is 3. The van der Waals surface area contributed by atoms with Crippen LogP contribution in [0.3, 0.4) is 0 Å². The van der Waals surface area contributed by atoms with Crippen LogP contribution in [0.4, 0.5) is 39.8 Å². The van der Waals surface area contributed by atoms with Gasteiger partial charge in [0.05, 0.1) is 17.9 Å². The second kappa shape index (κ2) is 8.84. The first-order valence-corrected chi connectivity index (χ1v) is 16.5. The fourth-order valence-corrected chi connectivity index (χ4v) is 9.26. The second-order valence-electron chi connectivity index (χ2n) is 14.4. The lowest BCUT2D eigenvalue weighted by molar-refractivity contribution is 0.632. The summed E-state index contributed by atoms with van der Waals surface area (Å²) in [6, 6.07) is 44.6. The summed E-state index contributed by atoms with van der Waals surface area (Å²) in [5, 5.41) is 0. The highest BCUT2D eigenvalue weighted by Crippen LogP contribution is 2.57. The van der Waals surface area contributed by atoms with Gasteiger partial charge in [-0.25, -0.2) is 4.85 Å². The molecule has 4 heteroatoms. The van der Waals surface area contributed by atoms with Crippen molar-refractivity contribution in [2.45, 2.75) is 38.5 Å². The first-order valence-electron chi connectivity index (χ1n) is 16.5. The zero-order valence-electron chi connectivity index (χ0n) is 27.0. The molecule has 222 valence electrons. The van der Waals surface area contributed by atoms with Crippen molar-refractivity contribution in [1.82, 2.24) is 0 Å². The van der Waals surface area contributed by atoms with Crippen molar-refractivity contribution >= 4 is 62.9 Å². The maximum Gasteiger partial charge on any atom is 0.252 e. The molecule has 10 rings (SSSR count). The van der Waals surface area contributed by atoms with Crippen molar-refractivity contribution in [2.24, 2.45) is 0 Å². The van der Waals surface area contributed by atoms with Crippen molar-refractivity contribution in [1.29, 1.82) is 0 Å². The van der Waals surface area contributed by atoms with Gasteiger partial charge in [-0.05, 0) is 74.0 Å². The molecule has 4 heterocycles. The minimum atomic E-state index is -0.162. The van der Waals surface area contributed by atoms with Gasteiger partial charge in [0.25, 0.3) is 6.71 Å². The molecule has 0 spiro atoms. The SMILES string of the molecule is [C-]#[N+]c1ccccc1-c1cc2c3c(c1)N1c4ccccc4C(C)(C)c4cccc(c41)B3c1cccc3c1N2c1ccccc1C3(C)C. The van der Waals surface area contributed by atoms with Crippen molar-refractivity contribution < 1.29 is 0 Å². The predicted molar refractivity (Wildman–Crippen MR) is 196 cm³/mol. The van der Waals surface area contributed by atoms with Crippen LogP contribution in [0.5, 0.6) is 0 Å². The van der Waals surface area contributed by atoms with E-state index in [2.05, 4.69) is 152 Å². The molecule has 4 aliphatic heterocycles. The molecule has 0 bridgehead atoms. The number of fused-ring (bicyclic) bond motifs is 8. The van der Waals surface area contributed by atoms with E-state index < -0.39 is 0 Å². The fourth-order valence-electron chi connectivity index (χ4n) is 9.26. The minimum absolute atomic E-state index is 0.0738. The van der Waals surface area contributed by atoms with Gasteiger partial charge in [-0.3, -0.25) is 0 Å². The highest BCUT2D eigenvalue weighted by Gasteiger charge is 2.50. The third kappa shape index (κ3) is 3.17. The van der Waals surface area contributed by atoms with E-state index in [4.69, 9.17) is 6.57 Å². The molecule has 0 fully saturated rings. The molecule has 0 unspecified atom stereocenters. The molecule has 4 aliphatic rings. The van der Waals surface area contributed by atoms with Gasteiger partial charge in [-0.2, -0.15) is 0 Å². The summed E-state index contributed by atoms with van der Waals surface area (Å²) in [5.74, 6) is 0. The van der Waals surface area contributed by atoms with E-state index in [-0.39, 0.29) is 17.5 Å². The number of anilines is 6. The molecule has 0 amide bonds. The smallest absolute Gasteiger partial charge is 0.252 e. The van der Waals surface area contributed by atoms with Crippen molar-refractivity contribution in [3.8, 4) is 11.1 Å². The van der Waals surface area contributed by atoms with Gasteiger partial charge in [-0.1, -0.05) is 125 Å². The molecule has 47 heavy (non-hydrogen) atoms. The zero-order valence-corrected chi connectivity index (χ0v) is 27.0. The first kappa shape index (κ1) is 26.7. The van der Waals surface area contributed by atoms with Gasteiger partial charge in [0.2, 0.25) is 0 Å². The molecule has 0 aliphatic carbocycles. The van der Waals surface area contributed by atoms with Gasteiger partial charge in [0.1, 0.15) is 0 Å². The van der Waals surface area contributed by atoms with E-state index in [1.807, 2.05) is 12.1 Å². The topological polar surface area (TPSA) is 10.8 Å². The summed E-state index contributed by atoms with van der Waals surface area (Å²) in [6.45, 7) is 17.6. The van der Waals surface area contributed by atoms with Crippen LogP contribution in [-0.4, -0.2) is 6.71 Å². The minimum Gasteiger partial charge on any atom is -0.311 e. The van der Waals surface area contributed by atoms with E-state index >= 15 is 0 Å². The molecule has 0 radical (unpaired) electrons. The number of hydrogen-bond acceptors (Lipinski definition) is 2. The van der Waals surface area contributed by atoms with E-state index in [0.29, 0.717) is 5.69 Å². The van der Waals surface area contributed by atoms with Crippen LogP contribution in [0.25, 0.3) is 16.0 Å². The van der Waals surface area contributed by atoms with E-state index in [0.717, 1.165) is 11.1 Å². The average molecular weight is 602 g/mol. The Balaban J connectivity index is 1.40. The number of benzene rings is 6. The third-order valence-electron chi connectivity index (χ3n) is 11.4. The number of para-hydroxylation sites is 5. The standard InChI is InChI=1S/C43H32BN3/c1-42(2)28-15-7-10-22-35(28)46-37-24-26(27-14-6-9-21-34(27)45-5)25-38-39(37)44(32-19-12-17-30(42)40(32)46)33-20-13-18-31-41(33)47(38)36-23-11-8-16-29(36)43(31,3)4/h6-25H,1-4H3. The maximum atomic E-state index is 8.07. The number of rotatable bonds is 1. The number of hydrogen-bond donors (Lipinski definition) is 0. The van der Waals surface area contributed by atoms with Crippen LogP contribution >= 0.6 is 0 Å². The molecular weight excluding hydrogens is 569 g/mol. The Bertz CT molecular complexity index is 2280. The largest absolute Gasteiger partial charge is 0.311 e. The van der Waals surface area contributed by atoms with Crippen LogP contribution in [0, 0.1) is 6.57 Å². The van der Waals surface area contributed by atoms with Crippen LogP contribution in [0.1, 0.15) is 49.9 Å². The van der Waals surface area contributed by atoms with Crippen molar-refractivity contribution in [3.63, 3.8) is 0 Å². The Labute approximate surface area is 276 Å². The lowest BCUT2D eigenvalue weighted by Crippen LogP contribution is -2.63. The molecule has 0 N–H and O–H groups in total. The van der Waals surface area contributed by atoms with Crippen LogP contribution in [0.15, 0.2) is 121 Å². The molecular formula is C43H32BN3. The van der Waals surface area contributed by atoms with Gasteiger partial charge in [0.15, 0.2) is 5.69 Å². The zero-order chi connectivity index (χ0) is 31.8. The lowest BCUT2D eigenvalue weighted by atomic mass is 9.32. The molecule has 0 aromatic heterocycles. The second-order valence-corrected chi connectivity index (χ2v) is 14.4. The monoisotopic (exact) mass is 601 g/mol. The Morgan fingerprint density at radius 1 is 0.532 bits per heavy atom. The fraction of sp³-hybridized carbons (Fsp3) is 0.140. The van der Waals surface area contributed by atoms with Gasteiger partial charge in [-0.15, -0.1) is 0 Å². The van der Waals surface area contributed by atoms with E-state index in [1.165, 1.54) is 72.8 Å². The van der Waals surface area contributed by atoms with E-state index in [9.17, 15) is 0 Å². The molecule has 0 saturated carbocycles. The summed E-state index contributed by atoms with van der Waals surface area (Å²) in [6.07, 6.45) is 0. The quantitative estimate of drug-likeness (QED) is 0.137. The normalized spacial score (nSPS) is 16.3. The predicted octanol–water partition coefficient (Wildman–Crippen LogP) is 9.27. The summed E-state index contributed by atoms with van der Waals surface area (Å²) in [7, 11) is 0. The first-order chi connectivity index (χ1) is 22.8. The highest BCUT2D eigenvalue weighted by atomic mass is 15.2. The van der Waals surface area contributed by atoms with Gasteiger partial charge >= 0.3 is 0 Å². The van der Waals surface area contributed by atoms with E-state index in [1.54, 1.807) is 0 Å². The molecule has 3 nitrogen and oxygen atoms in total. The molecule has 6 aromatic rings. The average Bonchev–Trinajstić information content (AvgIpc) is 3.10. The summed E-state index contributed by atoms with van der Waals surface area (Å²) in [5.41, 5.74) is 19.2. The Morgan fingerprint density at radius 2 is 1.00 bits per heavy atom. The van der Waals surface area contributed by atoms with Gasteiger partial charge < -0.3 is 9.80 Å². The third-order valence-corrected chi connectivity index (χ3v) is 11.4. The van der Waals surface area contributed by atoms with Crippen LogP contribution in [-0.2, 0) is 10.8 Å². The lowest BCUT2D eigenvalue weighted by Gasteiger charge is -2.52. The maximum absolute atomic E-state index is 8.07. The van der Waals surface area contributed by atoms with Crippen molar-refractivity contribution in [3.05, 3.63) is 155 Å². The summed E-state index contributed by atoms with van der Waals surface area (Å²) >= 11 is 0. The van der Waals surface area contributed by atoms with Gasteiger partial charge in [0, 0.05) is 33.6 Å². The highest BCUT2D eigenvalue weighted by molar-refractivity contribution is 7.00. The Morgan fingerprint density at radius 3 is 1.53 bits per heavy atom. The van der Waals surface area contributed by atoms with Crippen molar-refractivity contribution in [2.75, 3.05) is 9.80 Å². The van der Waals surface area contributed by atoms with Crippen LogP contribution in [0.2, 0.25) is 0 Å². The molecule has 6 aromatic carbocycles. The Hall–Kier alpha value is -5.53. The molecule has 0 atom stereocenters.